The van der Waals surface area contributed by atoms with E-state index < -0.39 is 0 Å². The lowest BCUT2D eigenvalue weighted by Crippen LogP contribution is -2.37. The van der Waals surface area contributed by atoms with Crippen molar-refractivity contribution in [2.45, 2.75) is 38.8 Å². The van der Waals surface area contributed by atoms with E-state index in [0.29, 0.717) is 6.10 Å². The maximum absolute atomic E-state index is 5.91. The summed E-state index contributed by atoms with van der Waals surface area (Å²) >= 11 is 0. The molecule has 1 aromatic rings. The Morgan fingerprint density at radius 1 is 1.50 bits per heavy atom. The zero-order valence-electron chi connectivity index (χ0n) is 11.3. The van der Waals surface area contributed by atoms with Gasteiger partial charge in [0.15, 0.2) is 0 Å². The summed E-state index contributed by atoms with van der Waals surface area (Å²) in [5, 5.41) is 0. The Balaban J connectivity index is 1.98. The molecule has 1 unspecified atom stereocenters. The lowest BCUT2D eigenvalue weighted by molar-refractivity contribution is 0.0458. The summed E-state index contributed by atoms with van der Waals surface area (Å²) in [7, 11) is 0. The molecule has 0 spiro atoms. The van der Waals surface area contributed by atoms with Crippen LogP contribution in [0.25, 0.3) is 0 Å². The molecule has 0 amide bonds. The van der Waals surface area contributed by atoms with Crippen molar-refractivity contribution in [2.24, 2.45) is 5.73 Å². The van der Waals surface area contributed by atoms with Crippen molar-refractivity contribution >= 4 is 5.82 Å². The van der Waals surface area contributed by atoms with Crippen molar-refractivity contribution in [3.05, 3.63) is 23.9 Å². The third-order valence-corrected chi connectivity index (χ3v) is 3.46. The summed E-state index contributed by atoms with van der Waals surface area (Å²) in [5.74, 6) is 1.04. The highest BCUT2D eigenvalue weighted by Crippen LogP contribution is 2.21. The predicted octanol–water partition coefficient (Wildman–Crippen LogP) is 2.11. The van der Waals surface area contributed by atoms with Crippen LogP contribution in [0.2, 0.25) is 0 Å². The van der Waals surface area contributed by atoms with Gasteiger partial charge in [0.2, 0.25) is 0 Å². The topological polar surface area (TPSA) is 51.4 Å². The van der Waals surface area contributed by atoms with Crippen LogP contribution in [0, 0.1) is 0 Å². The molecule has 0 aromatic carbocycles. The first-order chi connectivity index (χ1) is 8.70. The van der Waals surface area contributed by atoms with Crippen molar-refractivity contribution in [3.8, 4) is 0 Å². The molecule has 2 N–H and O–H groups in total. The largest absolute Gasteiger partial charge is 0.378 e. The molecule has 0 radical (unpaired) electrons. The Kier molecular flexibility index (Phi) is 4.55. The molecule has 0 saturated carbocycles. The minimum Gasteiger partial charge on any atom is -0.378 e. The lowest BCUT2D eigenvalue weighted by atomic mass is 10.1. The molecule has 0 bridgehead atoms. The molecule has 4 nitrogen and oxygen atoms in total. The van der Waals surface area contributed by atoms with E-state index in [1.807, 2.05) is 19.2 Å². The van der Waals surface area contributed by atoms with Crippen molar-refractivity contribution in [1.82, 2.24) is 4.98 Å². The molecule has 4 heteroatoms. The molecule has 1 aliphatic heterocycles. The number of ether oxygens (including phenoxy) is 1. The molecule has 1 atom stereocenters. The Bertz CT molecular complexity index is 373. The van der Waals surface area contributed by atoms with Crippen LogP contribution in [0.15, 0.2) is 18.3 Å². The minimum atomic E-state index is 0.0627. The molecule has 2 rings (SSSR count). The van der Waals surface area contributed by atoms with Crippen LogP contribution in [0.3, 0.4) is 0 Å². The average Bonchev–Trinajstić information content (AvgIpc) is 2.40. The Morgan fingerprint density at radius 3 is 2.83 bits per heavy atom. The molecule has 1 aliphatic rings. The van der Waals surface area contributed by atoms with Gasteiger partial charge in [-0.15, -0.1) is 0 Å². The highest BCUT2D eigenvalue weighted by atomic mass is 16.5. The van der Waals surface area contributed by atoms with Gasteiger partial charge in [-0.25, -0.2) is 4.98 Å². The number of anilines is 1. The number of hydrogen-bond acceptors (Lipinski definition) is 4. The molecule has 100 valence electrons. The van der Waals surface area contributed by atoms with Gasteiger partial charge in [0.05, 0.1) is 6.10 Å². The third kappa shape index (κ3) is 3.21. The fraction of sp³-hybridized carbons (Fsp3) is 0.643. The second-order valence-electron chi connectivity index (χ2n) is 4.88. The van der Waals surface area contributed by atoms with Crippen LogP contribution in [-0.4, -0.2) is 30.8 Å². The van der Waals surface area contributed by atoms with Crippen molar-refractivity contribution < 1.29 is 4.74 Å². The van der Waals surface area contributed by atoms with Gasteiger partial charge in [-0.05, 0) is 44.4 Å². The zero-order valence-corrected chi connectivity index (χ0v) is 11.3. The first-order valence-corrected chi connectivity index (χ1v) is 6.78. The second kappa shape index (κ2) is 6.16. The molecular weight excluding hydrogens is 226 g/mol. The number of aromatic nitrogens is 1. The van der Waals surface area contributed by atoms with E-state index in [9.17, 15) is 0 Å². The van der Waals surface area contributed by atoms with Crippen LogP contribution >= 0.6 is 0 Å². The van der Waals surface area contributed by atoms with Gasteiger partial charge in [-0.1, -0.05) is 0 Å². The molecule has 18 heavy (non-hydrogen) atoms. The van der Waals surface area contributed by atoms with Gasteiger partial charge in [0, 0.05) is 31.9 Å². The van der Waals surface area contributed by atoms with Crippen LogP contribution in [-0.2, 0) is 4.74 Å². The van der Waals surface area contributed by atoms with Gasteiger partial charge in [0.25, 0.3) is 0 Å². The van der Waals surface area contributed by atoms with E-state index in [1.165, 1.54) is 0 Å². The SMILES string of the molecule is CCOC1CCN(c2cc(C(C)N)ccn2)CC1. The third-order valence-electron chi connectivity index (χ3n) is 3.46. The van der Waals surface area contributed by atoms with E-state index >= 15 is 0 Å². The fourth-order valence-electron chi connectivity index (χ4n) is 2.38. The smallest absolute Gasteiger partial charge is 0.128 e. The van der Waals surface area contributed by atoms with Crippen molar-refractivity contribution in [1.29, 1.82) is 0 Å². The first kappa shape index (κ1) is 13.3. The highest BCUT2D eigenvalue weighted by molar-refractivity contribution is 5.42. The van der Waals surface area contributed by atoms with Crippen LogP contribution < -0.4 is 10.6 Å². The summed E-state index contributed by atoms with van der Waals surface area (Å²) in [6.07, 6.45) is 4.43. The van der Waals surface area contributed by atoms with E-state index in [2.05, 4.69) is 22.9 Å². The summed E-state index contributed by atoms with van der Waals surface area (Å²) in [4.78, 5) is 6.77. The molecule has 1 fully saturated rings. The van der Waals surface area contributed by atoms with Gasteiger partial charge in [-0.3, -0.25) is 0 Å². The van der Waals surface area contributed by atoms with Crippen LogP contribution in [0.5, 0.6) is 0 Å². The summed E-state index contributed by atoms with van der Waals surface area (Å²) < 4.78 is 5.66. The second-order valence-corrected chi connectivity index (χ2v) is 4.88. The monoisotopic (exact) mass is 249 g/mol. The maximum atomic E-state index is 5.91. The van der Waals surface area contributed by atoms with Gasteiger partial charge in [0.1, 0.15) is 5.82 Å². The molecule has 1 aromatic heterocycles. The molecule has 2 heterocycles. The standard InChI is InChI=1S/C14H23N3O/c1-3-18-13-5-8-17(9-6-13)14-10-12(11(2)15)4-7-16-14/h4,7,10-11,13H,3,5-6,8-9,15H2,1-2H3. The predicted molar refractivity (Wildman–Crippen MR) is 73.7 cm³/mol. The number of rotatable bonds is 4. The normalized spacial score (nSPS) is 18.9. The minimum absolute atomic E-state index is 0.0627. The van der Waals surface area contributed by atoms with Gasteiger partial charge < -0.3 is 15.4 Å². The number of pyridine rings is 1. The molecule has 0 aliphatic carbocycles. The highest BCUT2D eigenvalue weighted by Gasteiger charge is 2.20. The summed E-state index contributed by atoms with van der Waals surface area (Å²) in [5.41, 5.74) is 7.05. The van der Waals surface area contributed by atoms with Gasteiger partial charge in [-0.2, -0.15) is 0 Å². The number of piperidine rings is 1. The maximum Gasteiger partial charge on any atom is 0.128 e. The first-order valence-electron chi connectivity index (χ1n) is 6.78. The molecule has 1 saturated heterocycles. The Morgan fingerprint density at radius 2 is 2.22 bits per heavy atom. The van der Waals surface area contributed by atoms with Crippen molar-refractivity contribution in [3.63, 3.8) is 0 Å². The van der Waals surface area contributed by atoms with E-state index in [1.54, 1.807) is 0 Å². The van der Waals surface area contributed by atoms with Crippen LogP contribution in [0.4, 0.5) is 5.82 Å². The number of nitrogens with two attached hydrogens (primary N) is 1. The van der Waals surface area contributed by atoms with Gasteiger partial charge >= 0.3 is 0 Å². The van der Waals surface area contributed by atoms with Crippen molar-refractivity contribution in [2.75, 3.05) is 24.6 Å². The van der Waals surface area contributed by atoms with E-state index in [-0.39, 0.29) is 6.04 Å². The molecular formula is C14H23N3O. The van der Waals surface area contributed by atoms with Crippen LogP contribution in [0.1, 0.15) is 38.3 Å². The number of hydrogen-bond donors (Lipinski definition) is 1. The van der Waals surface area contributed by atoms with E-state index in [0.717, 1.165) is 43.9 Å². The zero-order chi connectivity index (χ0) is 13.0. The quantitative estimate of drug-likeness (QED) is 0.888. The summed E-state index contributed by atoms with van der Waals surface area (Å²) in [6.45, 7) is 6.89. The summed E-state index contributed by atoms with van der Waals surface area (Å²) in [6, 6.07) is 4.15. The van der Waals surface area contributed by atoms with E-state index in [4.69, 9.17) is 10.5 Å². The average molecular weight is 249 g/mol. The Labute approximate surface area is 109 Å². The Hall–Kier alpha value is -1.13. The number of nitrogens with zero attached hydrogens (tertiary/aromatic N) is 2. The fourth-order valence-corrected chi connectivity index (χ4v) is 2.38. The lowest BCUT2D eigenvalue weighted by Gasteiger charge is -2.32.